The van der Waals surface area contributed by atoms with Gasteiger partial charge < -0.3 is 4.98 Å². The zero-order valence-electron chi connectivity index (χ0n) is 10.3. The maximum atomic E-state index is 12.0. The molecule has 1 heterocycles. The molecule has 0 atom stereocenters. The third-order valence-corrected chi connectivity index (χ3v) is 3.72. The van der Waals surface area contributed by atoms with Gasteiger partial charge in [-0.3, -0.25) is 4.57 Å². The summed E-state index contributed by atoms with van der Waals surface area (Å²) >= 11 is 9.35. The van der Waals surface area contributed by atoms with Gasteiger partial charge in [-0.05, 0) is 35.9 Å². The van der Waals surface area contributed by atoms with E-state index in [9.17, 15) is 4.79 Å². The Labute approximate surface area is 129 Å². The van der Waals surface area contributed by atoms with Crippen LogP contribution in [0, 0.1) is 0 Å². The van der Waals surface area contributed by atoms with E-state index >= 15 is 0 Å². The number of imidazole rings is 1. The largest absolute Gasteiger partial charge is 0.330 e. The normalized spacial score (nSPS) is 10.7. The summed E-state index contributed by atoms with van der Waals surface area (Å²) in [5, 5.41) is 0.598. The number of benzene rings is 2. The van der Waals surface area contributed by atoms with Gasteiger partial charge in [-0.1, -0.05) is 45.7 Å². The number of rotatable bonds is 2. The summed E-state index contributed by atoms with van der Waals surface area (Å²) in [5.41, 5.74) is 2.26. The molecule has 0 aliphatic heterocycles. The van der Waals surface area contributed by atoms with Crippen LogP contribution in [0.5, 0.6) is 0 Å². The maximum Gasteiger partial charge on any atom is 0.330 e. The molecule has 3 rings (SSSR count). The summed E-state index contributed by atoms with van der Waals surface area (Å²) in [6, 6.07) is 14.9. The number of hydrogen-bond donors (Lipinski definition) is 1. The van der Waals surface area contributed by atoms with E-state index in [1.54, 1.807) is 22.9 Å². The van der Waals surface area contributed by atoms with E-state index in [0.29, 0.717) is 5.02 Å². The summed E-state index contributed by atoms with van der Waals surface area (Å²) in [7, 11) is 0. The van der Waals surface area contributed by atoms with Crippen molar-refractivity contribution in [1.82, 2.24) is 9.55 Å². The zero-order chi connectivity index (χ0) is 14.1. The second-order valence-corrected chi connectivity index (χ2v) is 5.68. The summed E-state index contributed by atoms with van der Waals surface area (Å²) in [5.74, 6) is 0. The van der Waals surface area contributed by atoms with Gasteiger partial charge >= 0.3 is 5.69 Å². The molecular formula is C15H10BrClN2O. The minimum absolute atomic E-state index is 0.190. The number of H-pyrrole nitrogens is 1. The molecule has 0 aliphatic carbocycles. The Kier molecular flexibility index (Phi) is 3.51. The molecule has 100 valence electrons. The van der Waals surface area contributed by atoms with E-state index < -0.39 is 0 Å². The first-order valence-corrected chi connectivity index (χ1v) is 7.14. The number of aromatic nitrogens is 2. The lowest BCUT2D eigenvalue weighted by atomic mass is 10.2. The molecule has 0 bridgehead atoms. The fraction of sp³-hybridized carbons (Fsp3) is 0. The van der Waals surface area contributed by atoms with Crippen molar-refractivity contribution < 1.29 is 0 Å². The van der Waals surface area contributed by atoms with Crippen molar-refractivity contribution in [2.24, 2.45) is 0 Å². The molecule has 3 nitrogen and oxygen atoms in total. The molecule has 0 radical (unpaired) electrons. The lowest BCUT2D eigenvalue weighted by molar-refractivity contribution is 0.987. The molecule has 0 spiro atoms. The Morgan fingerprint density at radius 3 is 2.55 bits per heavy atom. The van der Waals surface area contributed by atoms with E-state index in [1.807, 2.05) is 36.4 Å². The molecule has 5 heteroatoms. The summed E-state index contributed by atoms with van der Waals surface area (Å²) < 4.78 is 2.54. The Morgan fingerprint density at radius 1 is 1.10 bits per heavy atom. The van der Waals surface area contributed by atoms with E-state index in [4.69, 9.17) is 11.6 Å². The number of aromatic amines is 1. The van der Waals surface area contributed by atoms with Crippen LogP contribution in [0.15, 0.2) is 64.0 Å². The summed E-state index contributed by atoms with van der Waals surface area (Å²) in [6.45, 7) is 0. The van der Waals surface area contributed by atoms with Gasteiger partial charge in [0.15, 0.2) is 0 Å². The van der Waals surface area contributed by atoms with Gasteiger partial charge in [-0.2, -0.15) is 0 Å². The molecule has 1 aromatic heterocycles. The van der Waals surface area contributed by atoms with Crippen molar-refractivity contribution in [3.05, 3.63) is 74.7 Å². The number of halogens is 2. The minimum Gasteiger partial charge on any atom is -0.305 e. The van der Waals surface area contributed by atoms with Crippen molar-refractivity contribution >= 4 is 27.5 Å². The first-order valence-electron chi connectivity index (χ1n) is 5.97. The number of hydrogen-bond acceptors (Lipinski definition) is 1. The van der Waals surface area contributed by atoms with Crippen molar-refractivity contribution in [3.63, 3.8) is 0 Å². The van der Waals surface area contributed by atoms with Gasteiger partial charge in [0.25, 0.3) is 0 Å². The van der Waals surface area contributed by atoms with Crippen LogP contribution in [0.2, 0.25) is 5.02 Å². The van der Waals surface area contributed by atoms with Gasteiger partial charge in [0.2, 0.25) is 0 Å². The predicted octanol–water partition coefficient (Wildman–Crippen LogP) is 4.25. The second kappa shape index (κ2) is 5.31. The lowest BCUT2D eigenvalue weighted by Gasteiger charge is -2.01. The van der Waals surface area contributed by atoms with Crippen LogP contribution in [-0.2, 0) is 0 Å². The van der Waals surface area contributed by atoms with E-state index in [2.05, 4.69) is 20.9 Å². The smallest absolute Gasteiger partial charge is 0.305 e. The highest BCUT2D eigenvalue weighted by molar-refractivity contribution is 9.10. The fourth-order valence-corrected chi connectivity index (χ4v) is 2.44. The first-order chi connectivity index (χ1) is 9.63. The van der Waals surface area contributed by atoms with Crippen LogP contribution >= 0.6 is 27.5 Å². The molecule has 0 saturated carbocycles. The molecule has 0 fully saturated rings. The fourth-order valence-electron chi connectivity index (χ4n) is 1.99. The predicted molar refractivity (Wildman–Crippen MR) is 84.5 cm³/mol. The zero-order valence-corrected chi connectivity index (χ0v) is 12.6. The van der Waals surface area contributed by atoms with Crippen LogP contribution in [0.4, 0.5) is 0 Å². The molecule has 0 saturated heterocycles. The standard InChI is InChI=1S/C15H10BrClN2O/c16-11-6-4-10(5-7-11)14-9-19(15(20)18-14)13-3-1-2-12(17)8-13/h1-9H,(H,18,20). The SMILES string of the molecule is O=c1[nH]c(-c2ccc(Br)cc2)cn1-c1cccc(Cl)c1. The topological polar surface area (TPSA) is 37.8 Å². The Hall–Kier alpha value is -1.78. The Bertz CT molecular complexity index is 805. The Morgan fingerprint density at radius 2 is 1.85 bits per heavy atom. The maximum absolute atomic E-state index is 12.0. The molecule has 20 heavy (non-hydrogen) atoms. The third-order valence-electron chi connectivity index (χ3n) is 2.96. The van der Waals surface area contributed by atoms with Gasteiger partial charge in [0, 0.05) is 15.7 Å². The molecule has 2 aromatic carbocycles. The molecule has 0 unspecified atom stereocenters. The van der Waals surface area contributed by atoms with Gasteiger partial charge in [-0.25, -0.2) is 4.79 Å². The Balaban J connectivity index is 2.07. The average molecular weight is 350 g/mol. The second-order valence-electron chi connectivity index (χ2n) is 4.33. The lowest BCUT2D eigenvalue weighted by Crippen LogP contribution is -2.13. The monoisotopic (exact) mass is 348 g/mol. The van der Waals surface area contributed by atoms with E-state index in [0.717, 1.165) is 21.4 Å². The molecular weight excluding hydrogens is 340 g/mol. The van der Waals surface area contributed by atoms with E-state index in [1.165, 1.54) is 0 Å². The average Bonchev–Trinajstić information content (AvgIpc) is 2.82. The van der Waals surface area contributed by atoms with Gasteiger partial charge in [-0.15, -0.1) is 0 Å². The first kappa shape index (κ1) is 13.2. The van der Waals surface area contributed by atoms with Gasteiger partial charge in [0.05, 0.1) is 11.4 Å². The molecule has 1 N–H and O–H groups in total. The third kappa shape index (κ3) is 2.57. The number of nitrogens with one attached hydrogen (secondary N) is 1. The quantitative estimate of drug-likeness (QED) is 0.738. The van der Waals surface area contributed by atoms with Crippen LogP contribution < -0.4 is 5.69 Å². The highest BCUT2D eigenvalue weighted by Gasteiger charge is 2.07. The van der Waals surface area contributed by atoms with Crippen molar-refractivity contribution in [1.29, 1.82) is 0 Å². The highest BCUT2D eigenvalue weighted by Crippen LogP contribution is 2.20. The number of nitrogens with zero attached hydrogens (tertiary/aromatic N) is 1. The molecule has 3 aromatic rings. The van der Waals surface area contributed by atoms with Crippen LogP contribution in [0.1, 0.15) is 0 Å². The summed E-state index contributed by atoms with van der Waals surface area (Å²) in [6.07, 6.45) is 1.78. The van der Waals surface area contributed by atoms with Crippen molar-refractivity contribution in [2.45, 2.75) is 0 Å². The van der Waals surface area contributed by atoms with Crippen molar-refractivity contribution in [2.75, 3.05) is 0 Å². The molecule has 0 amide bonds. The minimum atomic E-state index is -0.190. The van der Waals surface area contributed by atoms with E-state index in [-0.39, 0.29) is 5.69 Å². The van der Waals surface area contributed by atoms with Crippen molar-refractivity contribution in [3.8, 4) is 16.9 Å². The molecule has 0 aliphatic rings. The van der Waals surface area contributed by atoms with Crippen LogP contribution in [0.25, 0.3) is 16.9 Å². The van der Waals surface area contributed by atoms with Crippen LogP contribution in [0.3, 0.4) is 0 Å². The van der Waals surface area contributed by atoms with Crippen LogP contribution in [-0.4, -0.2) is 9.55 Å². The van der Waals surface area contributed by atoms with Gasteiger partial charge in [0.1, 0.15) is 0 Å². The summed E-state index contributed by atoms with van der Waals surface area (Å²) in [4.78, 5) is 14.9. The highest BCUT2D eigenvalue weighted by atomic mass is 79.9.